The van der Waals surface area contributed by atoms with E-state index in [-0.39, 0.29) is 0 Å². The van der Waals surface area contributed by atoms with Crippen LogP contribution in [0.1, 0.15) is 0 Å². The minimum Gasteiger partial charge on any atom is -0.454 e. The molecule has 0 atom stereocenters. The van der Waals surface area contributed by atoms with Crippen molar-refractivity contribution in [1.29, 1.82) is 0 Å². The normalized spacial score (nSPS) is 12.7. The highest BCUT2D eigenvalue weighted by Crippen LogP contribution is 2.39. The maximum atomic E-state index is 5.90. The summed E-state index contributed by atoms with van der Waals surface area (Å²) in [6, 6.07) is 13.7. The molecule has 17 heavy (non-hydrogen) atoms. The Hall–Kier alpha value is -1.81. The molecule has 1 aliphatic heterocycles. The number of nitrogens with two attached hydrogens (primary N) is 1. The summed E-state index contributed by atoms with van der Waals surface area (Å²) in [5.41, 5.74) is 6.69. The quantitative estimate of drug-likeness (QED) is 0.825. The first-order valence-corrected chi connectivity index (χ1v) is 6.06. The third-order valence-electron chi connectivity index (χ3n) is 2.49. The van der Waals surface area contributed by atoms with Crippen molar-refractivity contribution in [2.24, 2.45) is 0 Å². The summed E-state index contributed by atoms with van der Waals surface area (Å²) in [7, 11) is 0. The highest BCUT2D eigenvalue weighted by Gasteiger charge is 2.13. The van der Waals surface area contributed by atoms with Crippen LogP contribution in [0.4, 0.5) is 5.69 Å². The molecule has 1 heterocycles. The van der Waals surface area contributed by atoms with Crippen LogP contribution in [0, 0.1) is 0 Å². The molecular weight excluding hydrogens is 234 g/mol. The lowest BCUT2D eigenvalue weighted by molar-refractivity contribution is 0.174. The van der Waals surface area contributed by atoms with E-state index < -0.39 is 0 Å². The molecule has 0 radical (unpaired) electrons. The zero-order valence-corrected chi connectivity index (χ0v) is 9.87. The Morgan fingerprint density at radius 2 is 1.82 bits per heavy atom. The van der Waals surface area contributed by atoms with E-state index in [4.69, 9.17) is 15.2 Å². The minimum absolute atomic E-state index is 0.303. The molecule has 0 amide bonds. The molecule has 2 N–H and O–H groups in total. The van der Waals surface area contributed by atoms with E-state index in [0.29, 0.717) is 6.79 Å². The van der Waals surface area contributed by atoms with Gasteiger partial charge in [-0.2, -0.15) is 0 Å². The number of hydrogen-bond donors (Lipinski definition) is 1. The predicted octanol–water partition coefficient (Wildman–Crippen LogP) is 3.15. The molecule has 2 aromatic rings. The van der Waals surface area contributed by atoms with Gasteiger partial charge in [0.2, 0.25) is 6.79 Å². The second-order valence-electron chi connectivity index (χ2n) is 3.65. The van der Waals surface area contributed by atoms with Crippen LogP contribution >= 0.6 is 11.8 Å². The van der Waals surface area contributed by atoms with Gasteiger partial charge in [-0.05, 0) is 30.3 Å². The third-order valence-corrected chi connectivity index (χ3v) is 3.57. The minimum atomic E-state index is 0.303. The van der Waals surface area contributed by atoms with Gasteiger partial charge in [0.15, 0.2) is 11.5 Å². The molecule has 3 rings (SSSR count). The van der Waals surface area contributed by atoms with Crippen molar-refractivity contribution in [3.8, 4) is 11.5 Å². The Morgan fingerprint density at radius 1 is 1.00 bits per heavy atom. The van der Waals surface area contributed by atoms with Gasteiger partial charge in [-0.3, -0.25) is 0 Å². The lowest BCUT2D eigenvalue weighted by Gasteiger charge is -2.05. The number of hydrogen-bond acceptors (Lipinski definition) is 4. The highest BCUT2D eigenvalue weighted by atomic mass is 32.2. The first kappa shape index (κ1) is 10.4. The third kappa shape index (κ3) is 2.03. The zero-order valence-electron chi connectivity index (χ0n) is 9.05. The Kier molecular flexibility index (Phi) is 2.57. The van der Waals surface area contributed by atoms with Crippen LogP contribution in [0.25, 0.3) is 0 Å². The number of rotatable bonds is 2. The molecule has 0 unspecified atom stereocenters. The van der Waals surface area contributed by atoms with Gasteiger partial charge < -0.3 is 15.2 Å². The van der Waals surface area contributed by atoms with Crippen LogP contribution in [0.2, 0.25) is 0 Å². The van der Waals surface area contributed by atoms with Crippen molar-refractivity contribution >= 4 is 17.4 Å². The number of ether oxygens (including phenoxy) is 2. The lowest BCUT2D eigenvalue weighted by Crippen LogP contribution is -1.92. The molecule has 1 aliphatic rings. The molecule has 0 aliphatic carbocycles. The SMILES string of the molecule is Nc1ccccc1Sc1ccc2c(c1)OCO2. The Balaban J connectivity index is 1.89. The molecule has 0 spiro atoms. The molecule has 3 nitrogen and oxygen atoms in total. The fourth-order valence-electron chi connectivity index (χ4n) is 1.64. The smallest absolute Gasteiger partial charge is 0.231 e. The summed E-state index contributed by atoms with van der Waals surface area (Å²) in [6.07, 6.45) is 0. The summed E-state index contributed by atoms with van der Waals surface area (Å²) in [5.74, 6) is 1.60. The zero-order chi connectivity index (χ0) is 11.7. The van der Waals surface area contributed by atoms with Crippen molar-refractivity contribution in [2.45, 2.75) is 9.79 Å². The largest absolute Gasteiger partial charge is 0.454 e. The fraction of sp³-hybridized carbons (Fsp3) is 0.0769. The number of fused-ring (bicyclic) bond motifs is 1. The average Bonchev–Trinajstić information content (AvgIpc) is 2.79. The van der Waals surface area contributed by atoms with E-state index in [9.17, 15) is 0 Å². The van der Waals surface area contributed by atoms with Crippen LogP contribution in [0.15, 0.2) is 52.3 Å². The van der Waals surface area contributed by atoms with Crippen LogP contribution in [-0.4, -0.2) is 6.79 Å². The van der Waals surface area contributed by atoms with E-state index in [1.807, 2.05) is 42.5 Å². The van der Waals surface area contributed by atoms with Gasteiger partial charge in [0.25, 0.3) is 0 Å². The van der Waals surface area contributed by atoms with Crippen molar-refractivity contribution in [3.05, 3.63) is 42.5 Å². The van der Waals surface area contributed by atoms with E-state index in [0.717, 1.165) is 27.0 Å². The van der Waals surface area contributed by atoms with Gasteiger partial charge in [0, 0.05) is 15.5 Å². The van der Waals surface area contributed by atoms with Gasteiger partial charge in [0.1, 0.15) is 0 Å². The maximum Gasteiger partial charge on any atom is 0.231 e. The van der Waals surface area contributed by atoms with E-state index in [1.165, 1.54) is 0 Å². The molecule has 0 saturated carbocycles. The number of anilines is 1. The molecule has 0 aromatic heterocycles. The summed E-state index contributed by atoms with van der Waals surface area (Å²) in [5, 5.41) is 0. The monoisotopic (exact) mass is 245 g/mol. The van der Waals surface area contributed by atoms with Crippen molar-refractivity contribution < 1.29 is 9.47 Å². The van der Waals surface area contributed by atoms with Gasteiger partial charge in [0.05, 0.1) is 0 Å². The van der Waals surface area contributed by atoms with Crippen molar-refractivity contribution in [2.75, 3.05) is 12.5 Å². The molecule has 0 bridgehead atoms. The first-order chi connectivity index (χ1) is 8.33. The van der Waals surface area contributed by atoms with Gasteiger partial charge in [-0.15, -0.1) is 0 Å². The molecule has 0 fully saturated rings. The average molecular weight is 245 g/mol. The first-order valence-electron chi connectivity index (χ1n) is 5.25. The summed E-state index contributed by atoms with van der Waals surface area (Å²) < 4.78 is 10.6. The molecular formula is C13H11NO2S. The van der Waals surface area contributed by atoms with Crippen molar-refractivity contribution in [1.82, 2.24) is 0 Å². The van der Waals surface area contributed by atoms with E-state index in [1.54, 1.807) is 11.8 Å². The second-order valence-corrected chi connectivity index (χ2v) is 4.77. The Morgan fingerprint density at radius 3 is 2.71 bits per heavy atom. The van der Waals surface area contributed by atoms with Crippen LogP contribution in [-0.2, 0) is 0 Å². The number of para-hydroxylation sites is 1. The second kappa shape index (κ2) is 4.22. The predicted molar refractivity (Wildman–Crippen MR) is 67.5 cm³/mol. The molecule has 0 saturated heterocycles. The Labute approximate surface area is 104 Å². The maximum absolute atomic E-state index is 5.90. The number of benzene rings is 2. The lowest BCUT2D eigenvalue weighted by atomic mass is 10.3. The standard InChI is InChI=1S/C13H11NO2S/c14-10-3-1-2-4-13(10)17-9-5-6-11-12(7-9)16-8-15-11/h1-7H,8,14H2. The van der Waals surface area contributed by atoms with Crippen molar-refractivity contribution in [3.63, 3.8) is 0 Å². The van der Waals surface area contributed by atoms with Gasteiger partial charge in [-0.25, -0.2) is 0 Å². The van der Waals surface area contributed by atoms with Gasteiger partial charge in [-0.1, -0.05) is 23.9 Å². The van der Waals surface area contributed by atoms with E-state index in [2.05, 4.69) is 0 Å². The van der Waals surface area contributed by atoms with E-state index >= 15 is 0 Å². The Bertz CT molecular complexity index is 557. The van der Waals surface area contributed by atoms with Crippen LogP contribution in [0.5, 0.6) is 11.5 Å². The van der Waals surface area contributed by atoms with Crippen LogP contribution < -0.4 is 15.2 Å². The van der Waals surface area contributed by atoms with Crippen LogP contribution in [0.3, 0.4) is 0 Å². The summed E-state index contributed by atoms with van der Waals surface area (Å²) in [6.45, 7) is 0.303. The van der Waals surface area contributed by atoms with Gasteiger partial charge >= 0.3 is 0 Å². The summed E-state index contributed by atoms with van der Waals surface area (Å²) in [4.78, 5) is 2.14. The fourth-order valence-corrected chi connectivity index (χ4v) is 2.53. The molecule has 2 aromatic carbocycles. The molecule has 86 valence electrons. The molecule has 4 heteroatoms. The topological polar surface area (TPSA) is 44.5 Å². The number of nitrogen functional groups attached to an aromatic ring is 1. The summed E-state index contributed by atoms with van der Waals surface area (Å²) >= 11 is 1.62. The highest BCUT2D eigenvalue weighted by molar-refractivity contribution is 7.99.